The number of aromatic amines is 1. The fourth-order valence-corrected chi connectivity index (χ4v) is 2.17. The van der Waals surface area contributed by atoms with Crippen LogP contribution < -0.4 is 5.32 Å². The van der Waals surface area contributed by atoms with Gasteiger partial charge in [-0.05, 0) is 13.1 Å². The molecule has 1 atom stereocenters. The van der Waals surface area contributed by atoms with Gasteiger partial charge in [-0.15, -0.1) is 0 Å². The molecule has 0 aliphatic carbocycles. The number of H-pyrrole nitrogens is 1. The van der Waals surface area contributed by atoms with Crippen molar-refractivity contribution in [3.63, 3.8) is 0 Å². The molecule has 0 fully saturated rings. The molecule has 5 nitrogen and oxygen atoms in total. The Kier molecular flexibility index (Phi) is 2.74. The summed E-state index contributed by atoms with van der Waals surface area (Å²) in [4.78, 5) is 4.46. The van der Waals surface area contributed by atoms with E-state index in [0.29, 0.717) is 0 Å². The van der Waals surface area contributed by atoms with E-state index in [1.54, 1.807) is 12.4 Å². The Morgan fingerprint density at radius 2 is 2.11 bits per heavy atom. The second kappa shape index (κ2) is 4.54. The molecule has 90 valence electrons. The number of fused-ring (bicyclic) bond motifs is 1. The van der Waals surface area contributed by atoms with Crippen molar-refractivity contribution in [2.75, 3.05) is 7.05 Å². The van der Waals surface area contributed by atoms with E-state index >= 15 is 0 Å². The van der Waals surface area contributed by atoms with Crippen molar-refractivity contribution in [3.05, 3.63) is 54.0 Å². The molecule has 1 aromatic carbocycles. The summed E-state index contributed by atoms with van der Waals surface area (Å²) in [6.07, 6.45) is 3.53. The number of pyridine rings is 1. The molecule has 3 rings (SSSR count). The van der Waals surface area contributed by atoms with Crippen LogP contribution in [0, 0.1) is 0 Å². The van der Waals surface area contributed by atoms with Crippen molar-refractivity contribution in [1.29, 1.82) is 0 Å². The molecule has 3 aromatic rings. The van der Waals surface area contributed by atoms with E-state index in [2.05, 4.69) is 43.9 Å². The SMILES string of the molecule is CNC(c1cn[nH]n1)c1cccc2cccnc12. The Morgan fingerprint density at radius 3 is 2.89 bits per heavy atom. The summed E-state index contributed by atoms with van der Waals surface area (Å²) in [6.45, 7) is 0. The first-order chi connectivity index (χ1) is 8.90. The van der Waals surface area contributed by atoms with Crippen LogP contribution in [-0.2, 0) is 0 Å². The van der Waals surface area contributed by atoms with Crippen molar-refractivity contribution in [3.8, 4) is 0 Å². The quantitative estimate of drug-likeness (QED) is 0.729. The highest BCUT2D eigenvalue weighted by atomic mass is 15.3. The molecule has 0 saturated heterocycles. The molecule has 0 saturated carbocycles. The monoisotopic (exact) mass is 239 g/mol. The Hall–Kier alpha value is -2.27. The van der Waals surface area contributed by atoms with Crippen molar-refractivity contribution in [2.24, 2.45) is 0 Å². The zero-order chi connectivity index (χ0) is 12.4. The van der Waals surface area contributed by atoms with E-state index in [-0.39, 0.29) is 6.04 Å². The van der Waals surface area contributed by atoms with Gasteiger partial charge in [0.15, 0.2) is 0 Å². The van der Waals surface area contributed by atoms with E-state index in [0.717, 1.165) is 22.2 Å². The highest BCUT2D eigenvalue weighted by molar-refractivity contribution is 5.82. The zero-order valence-corrected chi connectivity index (χ0v) is 9.96. The number of hydrogen-bond acceptors (Lipinski definition) is 4. The lowest BCUT2D eigenvalue weighted by molar-refractivity contribution is 0.670. The highest BCUT2D eigenvalue weighted by Crippen LogP contribution is 2.25. The molecular formula is C13H13N5. The molecule has 5 heteroatoms. The molecule has 0 amide bonds. The maximum atomic E-state index is 4.46. The van der Waals surface area contributed by atoms with E-state index in [9.17, 15) is 0 Å². The largest absolute Gasteiger partial charge is 0.308 e. The number of hydrogen-bond donors (Lipinski definition) is 2. The van der Waals surface area contributed by atoms with Crippen molar-refractivity contribution in [1.82, 2.24) is 25.7 Å². The lowest BCUT2D eigenvalue weighted by Gasteiger charge is -2.15. The van der Waals surface area contributed by atoms with Crippen LogP contribution in [0.3, 0.4) is 0 Å². The smallest absolute Gasteiger partial charge is 0.104 e. The van der Waals surface area contributed by atoms with Gasteiger partial charge in [0.25, 0.3) is 0 Å². The number of benzene rings is 1. The molecule has 0 spiro atoms. The number of rotatable bonds is 3. The molecule has 2 N–H and O–H groups in total. The lowest BCUT2D eigenvalue weighted by Crippen LogP contribution is -2.18. The Bertz CT molecular complexity index is 642. The van der Waals surface area contributed by atoms with E-state index in [1.807, 2.05) is 19.2 Å². The third-order valence-electron chi connectivity index (χ3n) is 2.99. The van der Waals surface area contributed by atoms with E-state index in [4.69, 9.17) is 0 Å². The van der Waals surface area contributed by atoms with Crippen LogP contribution in [0.1, 0.15) is 17.3 Å². The summed E-state index contributed by atoms with van der Waals surface area (Å²) < 4.78 is 0. The molecule has 18 heavy (non-hydrogen) atoms. The topological polar surface area (TPSA) is 66.5 Å². The number of aromatic nitrogens is 4. The van der Waals surface area contributed by atoms with E-state index < -0.39 is 0 Å². The summed E-state index contributed by atoms with van der Waals surface area (Å²) in [5.74, 6) is 0. The summed E-state index contributed by atoms with van der Waals surface area (Å²) in [5.41, 5.74) is 2.95. The minimum Gasteiger partial charge on any atom is -0.308 e. The van der Waals surface area contributed by atoms with Gasteiger partial charge in [-0.1, -0.05) is 24.3 Å². The van der Waals surface area contributed by atoms with Gasteiger partial charge in [0, 0.05) is 17.1 Å². The molecular weight excluding hydrogens is 226 g/mol. The first kappa shape index (κ1) is 10.9. The molecule has 0 aliphatic rings. The predicted octanol–water partition coefficient (Wildman–Crippen LogP) is 1.66. The van der Waals surface area contributed by atoms with Crippen molar-refractivity contribution < 1.29 is 0 Å². The molecule has 0 aliphatic heterocycles. The van der Waals surface area contributed by atoms with Gasteiger partial charge in [-0.3, -0.25) is 4.98 Å². The normalized spacial score (nSPS) is 12.7. The molecule has 1 unspecified atom stereocenters. The second-order valence-electron chi connectivity index (χ2n) is 4.04. The minimum absolute atomic E-state index is 0.0117. The third kappa shape index (κ3) is 1.74. The van der Waals surface area contributed by atoms with E-state index in [1.165, 1.54) is 0 Å². The van der Waals surface area contributed by atoms with Gasteiger partial charge in [0.2, 0.25) is 0 Å². The van der Waals surface area contributed by atoms with Crippen LogP contribution in [0.2, 0.25) is 0 Å². The van der Waals surface area contributed by atoms with Crippen LogP contribution in [0.5, 0.6) is 0 Å². The summed E-state index contributed by atoms with van der Waals surface area (Å²) in [5, 5.41) is 15.0. The molecule has 0 bridgehead atoms. The van der Waals surface area contributed by atoms with Gasteiger partial charge in [-0.25, -0.2) is 0 Å². The van der Waals surface area contributed by atoms with Crippen molar-refractivity contribution >= 4 is 10.9 Å². The fraction of sp³-hybridized carbons (Fsp3) is 0.154. The summed E-state index contributed by atoms with van der Waals surface area (Å²) in [7, 11) is 1.90. The third-order valence-corrected chi connectivity index (χ3v) is 2.99. The fourth-order valence-electron chi connectivity index (χ4n) is 2.17. The standard InChI is InChI=1S/C13H13N5/c1-14-13(11-8-16-18-17-11)10-6-2-4-9-5-3-7-15-12(9)10/h2-8,13-14H,1H3,(H,16,17,18). The van der Waals surface area contributed by atoms with Crippen LogP contribution >= 0.6 is 0 Å². The number of nitrogens with one attached hydrogen (secondary N) is 2. The average Bonchev–Trinajstić information content (AvgIpc) is 2.94. The Balaban J connectivity index is 2.18. The van der Waals surface area contributed by atoms with Gasteiger partial charge in [0.05, 0.1) is 17.8 Å². The maximum absolute atomic E-state index is 4.46. The summed E-state index contributed by atoms with van der Waals surface area (Å²) in [6, 6.07) is 10.1. The Morgan fingerprint density at radius 1 is 1.22 bits per heavy atom. The van der Waals surface area contributed by atoms with Crippen LogP contribution in [0.4, 0.5) is 0 Å². The minimum atomic E-state index is -0.0117. The second-order valence-corrected chi connectivity index (χ2v) is 4.04. The summed E-state index contributed by atoms with van der Waals surface area (Å²) >= 11 is 0. The van der Waals surface area contributed by atoms with Gasteiger partial charge < -0.3 is 5.32 Å². The average molecular weight is 239 g/mol. The number of nitrogens with zero attached hydrogens (tertiary/aromatic N) is 3. The first-order valence-corrected chi connectivity index (χ1v) is 5.76. The van der Waals surface area contributed by atoms with Crippen LogP contribution in [0.25, 0.3) is 10.9 Å². The predicted molar refractivity (Wildman–Crippen MR) is 69.0 cm³/mol. The van der Waals surface area contributed by atoms with Crippen molar-refractivity contribution in [2.45, 2.75) is 6.04 Å². The molecule has 2 heterocycles. The number of para-hydroxylation sites is 1. The van der Waals surface area contributed by atoms with Gasteiger partial charge in [0.1, 0.15) is 5.69 Å². The van der Waals surface area contributed by atoms with Crippen LogP contribution in [0.15, 0.2) is 42.7 Å². The van der Waals surface area contributed by atoms with Gasteiger partial charge >= 0.3 is 0 Å². The van der Waals surface area contributed by atoms with Gasteiger partial charge in [-0.2, -0.15) is 15.4 Å². The molecule has 0 radical (unpaired) electrons. The maximum Gasteiger partial charge on any atom is 0.104 e. The zero-order valence-electron chi connectivity index (χ0n) is 9.96. The van der Waals surface area contributed by atoms with Crippen LogP contribution in [-0.4, -0.2) is 27.4 Å². The lowest BCUT2D eigenvalue weighted by atomic mass is 10.0. The first-order valence-electron chi connectivity index (χ1n) is 5.76. The Labute approximate surface area is 104 Å². The highest BCUT2D eigenvalue weighted by Gasteiger charge is 2.17. The molecule has 2 aromatic heterocycles.